The third-order valence-electron chi connectivity index (χ3n) is 6.00. The Morgan fingerprint density at radius 1 is 1.05 bits per heavy atom. The van der Waals surface area contributed by atoms with Crippen LogP contribution in [0.5, 0.6) is 0 Å². The Morgan fingerprint density at radius 3 is 2.32 bits per heavy atom. The maximum Gasteiger partial charge on any atom is 0.434 e. The van der Waals surface area contributed by atoms with Gasteiger partial charge in [0.1, 0.15) is 16.5 Å². The number of benzene rings is 2. The summed E-state index contributed by atoms with van der Waals surface area (Å²) in [5, 5.41) is 0. The molecule has 4 rings (SSSR count). The normalized spacial score (nSPS) is 16.7. The molecule has 1 fully saturated rings. The van der Waals surface area contributed by atoms with E-state index in [0.717, 1.165) is 25.4 Å². The minimum atomic E-state index is -4.90. The van der Waals surface area contributed by atoms with E-state index in [-0.39, 0.29) is 25.6 Å². The Labute approximate surface area is 209 Å². The molecule has 2 aromatic carbocycles. The highest BCUT2D eigenvalue weighted by molar-refractivity contribution is 7.90. The molecule has 0 radical (unpaired) electrons. The lowest BCUT2D eigenvalue weighted by Crippen LogP contribution is -2.49. The monoisotopic (exact) mass is 540 g/mol. The number of carbonyl (C=O) groups excluding carboxylic acids is 1. The number of alkyl halides is 3. The van der Waals surface area contributed by atoms with Crippen molar-refractivity contribution in [1.29, 1.82) is 0 Å². The quantitative estimate of drug-likeness (QED) is 0.349. The Morgan fingerprint density at radius 2 is 1.73 bits per heavy atom. The predicted molar refractivity (Wildman–Crippen MR) is 125 cm³/mol. The van der Waals surface area contributed by atoms with Gasteiger partial charge in [0.15, 0.2) is 21.3 Å². The maximum atomic E-state index is 14.1. The first kappa shape index (κ1) is 26.5. The maximum absolute atomic E-state index is 14.1. The minimum Gasteiger partial charge on any atom is -0.367 e. The van der Waals surface area contributed by atoms with Gasteiger partial charge in [-0.15, -0.1) is 0 Å². The van der Waals surface area contributed by atoms with Gasteiger partial charge >= 0.3 is 6.18 Å². The molecule has 1 aromatic heterocycles. The molecule has 13 heteroatoms. The molecule has 0 saturated carbocycles. The molecule has 0 unspecified atom stereocenters. The minimum absolute atomic E-state index is 0.0876. The van der Waals surface area contributed by atoms with Gasteiger partial charge in [0.25, 0.3) is 0 Å². The molecule has 196 valence electrons. The number of hydrogen-bond acceptors (Lipinski definition) is 7. The van der Waals surface area contributed by atoms with E-state index < -0.39 is 55.6 Å². The third-order valence-corrected chi connectivity index (χ3v) is 7.11. The van der Waals surface area contributed by atoms with Gasteiger partial charge in [0, 0.05) is 37.8 Å². The van der Waals surface area contributed by atoms with E-state index in [1.54, 1.807) is 4.90 Å². The summed E-state index contributed by atoms with van der Waals surface area (Å²) in [5.41, 5.74) is -1.10. The molecule has 2 heterocycles. The molecule has 1 saturated heterocycles. The number of nitrogens with zero attached hydrogens (tertiary/aromatic N) is 4. The molecule has 0 amide bonds. The summed E-state index contributed by atoms with van der Waals surface area (Å²) in [4.78, 5) is 22.2. The third kappa shape index (κ3) is 5.55. The van der Waals surface area contributed by atoms with E-state index in [2.05, 4.69) is 9.97 Å². The number of carbonyl (C=O) groups is 1. The van der Waals surface area contributed by atoms with Crippen LogP contribution in [0.2, 0.25) is 0 Å². The van der Waals surface area contributed by atoms with Crippen molar-refractivity contribution in [3.05, 3.63) is 77.1 Å². The first-order valence-electron chi connectivity index (χ1n) is 11.0. The fourth-order valence-corrected chi connectivity index (χ4v) is 4.94. The second-order valence-corrected chi connectivity index (χ2v) is 10.6. The predicted octanol–water partition coefficient (Wildman–Crippen LogP) is 4.45. The van der Waals surface area contributed by atoms with Crippen molar-refractivity contribution >= 4 is 27.3 Å². The topological polar surface area (TPSA) is 83.5 Å². The molecular formula is C24H21F5N4O3S. The van der Waals surface area contributed by atoms with Crippen LogP contribution in [-0.2, 0) is 16.0 Å². The first-order chi connectivity index (χ1) is 17.3. The summed E-state index contributed by atoms with van der Waals surface area (Å²) < 4.78 is 92.8. The number of piperazine rings is 1. The lowest BCUT2D eigenvalue weighted by molar-refractivity contribution is -0.141. The van der Waals surface area contributed by atoms with E-state index >= 15 is 0 Å². The van der Waals surface area contributed by atoms with Crippen LogP contribution in [0.25, 0.3) is 0 Å². The molecule has 7 nitrogen and oxygen atoms in total. The van der Waals surface area contributed by atoms with Crippen molar-refractivity contribution in [1.82, 2.24) is 9.97 Å². The second-order valence-electron chi connectivity index (χ2n) is 8.58. The summed E-state index contributed by atoms with van der Waals surface area (Å²) >= 11 is 0. The van der Waals surface area contributed by atoms with E-state index in [1.807, 2.05) is 0 Å². The number of hydrogen-bond donors (Lipinski definition) is 0. The lowest BCUT2D eigenvalue weighted by atomic mass is 10.0. The SMILES string of the molecule is CC(=O)c1cnc(N2CCN(c3ccc(F)c(S(C)(=O)=O)c3)C[C@H]2c2ccc(F)cc2)nc1C(F)(F)F. The number of anilines is 2. The fourth-order valence-electron chi connectivity index (χ4n) is 4.18. The van der Waals surface area contributed by atoms with Crippen LogP contribution in [0.3, 0.4) is 0 Å². The molecule has 0 N–H and O–H groups in total. The lowest BCUT2D eigenvalue weighted by Gasteiger charge is -2.43. The molecule has 1 atom stereocenters. The van der Waals surface area contributed by atoms with Crippen LogP contribution in [0.4, 0.5) is 33.6 Å². The van der Waals surface area contributed by atoms with Crippen LogP contribution >= 0.6 is 0 Å². The largest absolute Gasteiger partial charge is 0.434 e. The van der Waals surface area contributed by atoms with Crippen molar-refractivity contribution in [2.45, 2.75) is 24.0 Å². The average Bonchev–Trinajstić information content (AvgIpc) is 2.83. The van der Waals surface area contributed by atoms with Gasteiger partial charge in [-0.1, -0.05) is 12.1 Å². The van der Waals surface area contributed by atoms with Crippen LogP contribution in [0.1, 0.15) is 34.6 Å². The number of sulfone groups is 1. The van der Waals surface area contributed by atoms with Crippen molar-refractivity contribution in [3.63, 3.8) is 0 Å². The smallest absolute Gasteiger partial charge is 0.367 e. The average molecular weight is 541 g/mol. The Balaban J connectivity index is 1.77. The number of aromatic nitrogens is 2. The molecule has 1 aliphatic heterocycles. The van der Waals surface area contributed by atoms with Gasteiger partial charge in [-0.25, -0.2) is 27.2 Å². The van der Waals surface area contributed by atoms with Gasteiger partial charge in [0.05, 0.1) is 11.6 Å². The highest BCUT2D eigenvalue weighted by Gasteiger charge is 2.39. The number of rotatable bonds is 5. The summed E-state index contributed by atoms with van der Waals surface area (Å²) in [5.74, 6) is -2.53. The van der Waals surface area contributed by atoms with Gasteiger partial charge in [-0.3, -0.25) is 4.79 Å². The van der Waals surface area contributed by atoms with Crippen molar-refractivity contribution < 1.29 is 35.2 Å². The van der Waals surface area contributed by atoms with Crippen LogP contribution in [-0.4, -0.2) is 50.1 Å². The molecule has 3 aromatic rings. The summed E-state index contributed by atoms with van der Waals surface area (Å²) in [6.45, 7) is 1.39. The number of ketones is 1. The van der Waals surface area contributed by atoms with Crippen LogP contribution in [0.15, 0.2) is 53.6 Å². The number of halogens is 5. The van der Waals surface area contributed by atoms with Gasteiger partial charge in [-0.2, -0.15) is 13.2 Å². The van der Waals surface area contributed by atoms with E-state index in [1.165, 1.54) is 41.3 Å². The number of Topliss-reactive ketones (excluding diaryl/α,β-unsaturated/α-hetero) is 1. The van der Waals surface area contributed by atoms with Crippen molar-refractivity contribution in [2.24, 2.45) is 0 Å². The van der Waals surface area contributed by atoms with Crippen molar-refractivity contribution in [2.75, 3.05) is 35.7 Å². The summed E-state index contributed by atoms with van der Waals surface area (Å²) in [6, 6.07) is 8.29. The van der Waals surface area contributed by atoms with Gasteiger partial charge in [-0.05, 0) is 42.8 Å². The zero-order chi connectivity index (χ0) is 27.1. The Hall–Kier alpha value is -3.61. The first-order valence-corrected chi connectivity index (χ1v) is 12.9. The standard InChI is InChI=1S/C24H21F5N4O3S/c1-14(34)18-12-30-23(31-22(18)24(27,28)29)33-10-9-32(13-20(33)15-3-5-16(25)6-4-15)17-7-8-19(26)21(11-17)37(2,35)36/h3-8,11-12,20H,9-10,13H2,1-2H3/t20-/m0/s1. The van der Waals surface area contributed by atoms with Crippen LogP contribution in [0, 0.1) is 11.6 Å². The molecule has 0 bridgehead atoms. The molecule has 0 spiro atoms. The highest BCUT2D eigenvalue weighted by Crippen LogP contribution is 2.35. The highest BCUT2D eigenvalue weighted by atomic mass is 32.2. The summed E-state index contributed by atoms with van der Waals surface area (Å²) in [6.07, 6.45) is -3.18. The van der Waals surface area contributed by atoms with E-state index in [0.29, 0.717) is 11.3 Å². The molecule has 0 aliphatic carbocycles. The summed E-state index contributed by atoms with van der Waals surface area (Å²) in [7, 11) is -3.86. The molecule has 1 aliphatic rings. The zero-order valence-corrected chi connectivity index (χ0v) is 20.4. The van der Waals surface area contributed by atoms with Gasteiger partial charge < -0.3 is 9.80 Å². The van der Waals surface area contributed by atoms with Crippen molar-refractivity contribution in [3.8, 4) is 0 Å². The van der Waals surface area contributed by atoms with E-state index in [4.69, 9.17) is 0 Å². The Bertz CT molecular complexity index is 1450. The van der Waals surface area contributed by atoms with Crippen LogP contribution < -0.4 is 9.80 Å². The zero-order valence-electron chi connectivity index (χ0n) is 19.6. The molecule has 37 heavy (non-hydrogen) atoms. The Kier molecular flexibility index (Phi) is 6.93. The molecular weight excluding hydrogens is 519 g/mol. The second kappa shape index (κ2) is 9.69. The fraction of sp³-hybridized carbons (Fsp3) is 0.292. The van der Waals surface area contributed by atoms with E-state index in [9.17, 15) is 35.2 Å². The van der Waals surface area contributed by atoms with Gasteiger partial charge in [0.2, 0.25) is 5.95 Å².